The van der Waals surface area contributed by atoms with Gasteiger partial charge in [-0.05, 0) is 58.6 Å². The van der Waals surface area contributed by atoms with E-state index in [9.17, 15) is 24.6 Å². The van der Waals surface area contributed by atoms with Crippen LogP contribution in [0.1, 0.15) is 60.9 Å². The molecule has 3 aromatic rings. The van der Waals surface area contributed by atoms with Crippen LogP contribution in [0.25, 0.3) is 0 Å². The summed E-state index contributed by atoms with van der Waals surface area (Å²) in [7, 11) is 0. The number of ether oxygens (including phenoxy) is 1. The fraction of sp³-hybridized carbons (Fsp3) is 0.471. The molecule has 4 N–H and O–H groups in total. The van der Waals surface area contributed by atoms with Gasteiger partial charge in [0.2, 0.25) is 11.8 Å². The topological polar surface area (TPSA) is 154 Å². The van der Waals surface area contributed by atoms with Gasteiger partial charge in [0.05, 0.1) is 17.6 Å². The Morgan fingerprint density at radius 1 is 1.11 bits per heavy atom. The quantitative estimate of drug-likeness (QED) is 0.245. The molecule has 0 radical (unpaired) electrons. The van der Waals surface area contributed by atoms with Gasteiger partial charge in [0, 0.05) is 28.3 Å². The van der Waals surface area contributed by atoms with E-state index in [1.165, 1.54) is 16.7 Å². The smallest absolute Gasteiger partial charge is 0.252 e. The highest BCUT2D eigenvalue weighted by molar-refractivity contribution is 8.00. The van der Waals surface area contributed by atoms with E-state index in [4.69, 9.17) is 9.26 Å². The molecule has 0 unspecified atom stereocenters. The van der Waals surface area contributed by atoms with Crippen LogP contribution in [-0.4, -0.2) is 73.5 Å². The van der Waals surface area contributed by atoms with E-state index < -0.39 is 40.9 Å². The molecule has 2 aliphatic rings. The number of aromatic nitrogens is 1. The average molecular weight is 651 g/mol. The molecule has 0 spiro atoms. The Balaban J connectivity index is 1.31. The van der Waals surface area contributed by atoms with Crippen LogP contribution in [-0.2, 0) is 27.3 Å². The fourth-order valence-corrected chi connectivity index (χ4v) is 7.28. The summed E-state index contributed by atoms with van der Waals surface area (Å²) in [6.07, 6.45) is -1.72. The SMILES string of the molecule is Cc1noc(C)c1CNC(=O)[C@H]1N(C(=O)[C@@H](O)C[C@@H](CCc2ccccc2)C(=O)N[C@H]2c3ccccc3OC[C@H]2O)CSC1(C)C. The number of para-hydroxylation sites is 1. The summed E-state index contributed by atoms with van der Waals surface area (Å²) in [5.74, 6) is -0.673. The van der Waals surface area contributed by atoms with Gasteiger partial charge in [-0.3, -0.25) is 14.4 Å². The second kappa shape index (κ2) is 14.3. The predicted octanol–water partition coefficient (Wildman–Crippen LogP) is 3.20. The molecule has 0 bridgehead atoms. The number of carbonyl (C=O) groups is 3. The van der Waals surface area contributed by atoms with Crippen molar-refractivity contribution in [1.82, 2.24) is 20.7 Å². The molecular formula is C34H42N4O7S. The molecule has 3 heterocycles. The van der Waals surface area contributed by atoms with Crippen LogP contribution in [0, 0.1) is 19.8 Å². The van der Waals surface area contributed by atoms with Crippen molar-refractivity contribution >= 4 is 29.5 Å². The Kier molecular flexibility index (Phi) is 10.4. The van der Waals surface area contributed by atoms with Crippen molar-refractivity contribution in [2.45, 2.75) is 82.5 Å². The third-order valence-electron chi connectivity index (χ3n) is 8.83. The molecule has 246 valence electrons. The molecule has 5 rings (SSSR count). The highest BCUT2D eigenvalue weighted by Gasteiger charge is 2.49. The van der Waals surface area contributed by atoms with Gasteiger partial charge in [-0.25, -0.2) is 0 Å². The lowest BCUT2D eigenvalue weighted by molar-refractivity contribution is -0.147. The number of hydrogen-bond donors (Lipinski definition) is 4. The van der Waals surface area contributed by atoms with Crippen LogP contribution < -0.4 is 15.4 Å². The zero-order valence-electron chi connectivity index (χ0n) is 26.6. The third kappa shape index (κ3) is 7.40. The van der Waals surface area contributed by atoms with E-state index in [0.29, 0.717) is 35.6 Å². The molecule has 2 aliphatic heterocycles. The number of nitrogens with one attached hydrogen (secondary N) is 2. The van der Waals surface area contributed by atoms with Crippen molar-refractivity contribution in [3.8, 4) is 5.75 Å². The number of aryl methyl sites for hydroxylation is 3. The van der Waals surface area contributed by atoms with Crippen LogP contribution in [0.4, 0.5) is 0 Å². The summed E-state index contributed by atoms with van der Waals surface area (Å²) >= 11 is 1.45. The number of amides is 3. The predicted molar refractivity (Wildman–Crippen MR) is 173 cm³/mol. The number of carbonyl (C=O) groups excluding carboxylic acids is 3. The number of benzene rings is 2. The first kappa shape index (κ1) is 33.5. The maximum Gasteiger partial charge on any atom is 0.252 e. The minimum absolute atomic E-state index is 0.0276. The second-order valence-electron chi connectivity index (χ2n) is 12.5. The van der Waals surface area contributed by atoms with Crippen molar-refractivity contribution in [2.75, 3.05) is 12.5 Å². The number of nitrogens with zero attached hydrogens (tertiary/aromatic N) is 2. The fourth-order valence-electron chi connectivity index (χ4n) is 6.14. The molecular weight excluding hydrogens is 608 g/mol. The Hall–Kier alpha value is -3.87. The summed E-state index contributed by atoms with van der Waals surface area (Å²) < 4.78 is 10.2. The number of aliphatic hydroxyl groups excluding tert-OH is 2. The van der Waals surface area contributed by atoms with Gasteiger partial charge in [-0.2, -0.15) is 0 Å². The van der Waals surface area contributed by atoms with Crippen LogP contribution in [0.15, 0.2) is 59.1 Å². The van der Waals surface area contributed by atoms with E-state index in [-0.39, 0.29) is 37.3 Å². The summed E-state index contributed by atoms with van der Waals surface area (Å²) in [6.45, 7) is 7.58. The molecule has 11 nitrogen and oxygen atoms in total. The number of rotatable bonds is 11. The van der Waals surface area contributed by atoms with Gasteiger partial charge in [0.1, 0.15) is 36.4 Å². The Labute approximate surface area is 273 Å². The Bertz CT molecular complexity index is 1530. The van der Waals surface area contributed by atoms with E-state index in [2.05, 4.69) is 15.8 Å². The Morgan fingerprint density at radius 3 is 2.54 bits per heavy atom. The van der Waals surface area contributed by atoms with E-state index in [1.54, 1.807) is 26.0 Å². The second-order valence-corrected chi connectivity index (χ2v) is 14.1. The number of aliphatic hydroxyl groups is 2. The highest BCUT2D eigenvalue weighted by atomic mass is 32.2. The van der Waals surface area contributed by atoms with Crippen LogP contribution in [0.3, 0.4) is 0 Å². The summed E-state index contributed by atoms with van der Waals surface area (Å²) in [5, 5.41) is 31.9. The number of thioether (sulfide) groups is 1. The van der Waals surface area contributed by atoms with Crippen molar-refractivity contribution in [3.63, 3.8) is 0 Å². The largest absolute Gasteiger partial charge is 0.490 e. The molecule has 1 saturated heterocycles. The molecule has 1 fully saturated rings. The standard InChI is InChI=1S/C34H42N4O7S/c1-20-25(21(2)45-37-20)17-35-32(42)30-34(3,4)46-19-38(30)33(43)26(39)16-23(15-14-22-10-6-5-7-11-22)31(41)36-29-24-12-8-9-13-28(24)44-18-27(29)40/h5-13,23,26-27,29-30,39-40H,14-19H2,1-4H3,(H,35,42)(H,36,41)/t23-,26+,27-,29+,30-/m1/s1. The normalized spacial score (nSPS) is 21.5. The first-order valence-corrected chi connectivity index (χ1v) is 16.5. The minimum atomic E-state index is -1.52. The number of hydrogen-bond acceptors (Lipinski definition) is 9. The van der Waals surface area contributed by atoms with Gasteiger partial charge in [0.25, 0.3) is 5.91 Å². The first-order valence-electron chi connectivity index (χ1n) is 15.5. The average Bonchev–Trinajstić information content (AvgIpc) is 3.55. The van der Waals surface area contributed by atoms with E-state index in [1.807, 2.05) is 56.3 Å². The minimum Gasteiger partial charge on any atom is -0.490 e. The molecule has 0 aliphatic carbocycles. The van der Waals surface area contributed by atoms with Crippen LogP contribution >= 0.6 is 11.8 Å². The van der Waals surface area contributed by atoms with Gasteiger partial charge in [0.15, 0.2) is 0 Å². The van der Waals surface area contributed by atoms with E-state index in [0.717, 1.165) is 11.1 Å². The van der Waals surface area contributed by atoms with Crippen LogP contribution in [0.5, 0.6) is 5.75 Å². The molecule has 5 atom stereocenters. The van der Waals surface area contributed by atoms with Crippen molar-refractivity contribution in [3.05, 3.63) is 82.7 Å². The number of fused-ring (bicyclic) bond motifs is 1. The summed E-state index contributed by atoms with van der Waals surface area (Å²) in [6, 6.07) is 15.3. The molecule has 1 aromatic heterocycles. The van der Waals surface area contributed by atoms with Crippen molar-refractivity contribution < 1.29 is 33.9 Å². The highest BCUT2D eigenvalue weighted by Crippen LogP contribution is 2.40. The van der Waals surface area contributed by atoms with Crippen LogP contribution in [0.2, 0.25) is 0 Å². The van der Waals surface area contributed by atoms with Gasteiger partial charge < -0.3 is 35.0 Å². The monoisotopic (exact) mass is 650 g/mol. The maximum atomic E-state index is 13.8. The molecule has 3 amide bonds. The molecule has 0 saturated carbocycles. The lowest BCUT2D eigenvalue weighted by Crippen LogP contribution is -2.55. The molecule has 46 heavy (non-hydrogen) atoms. The third-order valence-corrected chi connectivity index (χ3v) is 10.2. The lowest BCUT2D eigenvalue weighted by Gasteiger charge is -2.33. The van der Waals surface area contributed by atoms with Gasteiger partial charge in [-0.1, -0.05) is 53.7 Å². The molecule has 12 heteroatoms. The van der Waals surface area contributed by atoms with Gasteiger partial charge in [-0.15, -0.1) is 11.8 Å². The zero-order valence-corrected chi connectivity index (χ0v) is 27.4. The van der Waals surface area contributed by atoms with Gasteiger partial charge >= 0.3 is 0 Å². The first-order chi connectivity index (χ1) is 22.0. The summed E-state index contributed by atoms with van der Waals surface area (Å²) in [4.78, 5) is 42.5. The van der Waals surface area contributed by atoms with Crippen molar-refractivity contribution in [1.29, 1.82) is 0 Å². The van der Waals surface area contributed by atoms with Crippen molar-refractivity contribution in [2.24, 2.45) is 5.92 Å². The molecule has 2 aromatic carbocycles. The Morgan fingerprint density at radius 2 is 1.83 bits per heavy atom. The maximum absolute atomic E-state index is 13.8. The summed E-state index contributed by atoms with van der Waals surface area (Å²) in [5.41, 5.74) is 3.14. The zero-order chi connectivity index (χ0) is 33.0. The van der Waals surface area contributed by atoms with E-state index >= 15 is 0 Å². The lowest BCUT2D eigenvalue weighted by atomic mass is 9.90.